The molecule has 0 aliphatic carbocycles. The maximum absolute atomic E-state index is 12.9. The van der Waals surface area contributed by atoms with Crippen molar-refractivity contribution in [2.45, 2.75) is 10.6 Å². The van der Waals surface area contributed by atoms with Gasteiger partial charge in [0.2, 0.25) is 5.95 Å². The number of anilines is 1. The van der Waals surface area contributed by atoms with Gasteiger partial charge in [0, 0.05) is 36.6 Å². The van der Waals surface area contributed by atoms with Gasteiger partial charge >= 0.3 is 0 Å². The van der Waals surface area contributed by atoms with Gasteiger partial charge in [-0.15, -0.1) is 0 Å². The van der Waals surface area contributed by atoms with Crippen LogP contribution in [-0.2, 0) is 15.6 Å². The predicted molar refractivity (Wildman–Crippen MR) is 107 cm³/mol. The predicted octanol–water partition coefficient (Wildman–Crippen LogP) is 2.67. The molecule has 1 aromatic heterocycles. The van der Waals surface area contributed by atoms with Crippen LogP contribution in [0.25, 0.3) is 10.9 Å². The number of nitrogens with one attached hydrogen (secondary N) is 1. The van der Waals surface area contributed by atoms with Crippen molar-refractivity contribution >= 4 is 38.3 Å². The van der Waals surface area contributed by atoms with Crippen molar-refractivity contribution in [1.29, 1.82) is 0 Å². The van der Waals surface area contributed by atoms with Gasteiger partial charge < -0.3 is 10.2 Å². The molecule has 6 nitrogen and oxygen atoms in total. The molecule has 1 aliphatic rings. The molecule has 1 aliphatic heterocycles. The molecule has 0 radical (unpaired) electrons. The quantitative estimate of drug-likeness (QED) is 0.723. The van der Waals surface area contributed by atoms with Gasteiger partial charge in [-0.05, 0) is 24.3 Å². The second-order valence-corrected chi connectivity index (χ2v) is 8.87. The summed E-state index contributed by atoms with van der Waals surface area (Å²) in [5.41, 5.74) is 1.26. The first-order chi connectivity index (χ1) is 13.0. The number of hydrogen-bond donors (Lipinski definition) is 1. The lowest BCUT2D eigenvalue weighted by Gasteiger charge is -2.27. The van der Waals surface area contributed by atoms with E-state index < -0.39 is 9.84 Å². The highest BCUT2D eigenvalue weighted by molar-refractivity contribution is 7.90. The number of sulfone groups is 1. The molecule has 140 valence electrons. The average molecular weight is 403 g/mol. The Bertz CT molecular complexity index is 1080. The zero-order valence-electron chi connectivity index (χ0n) is 14.6. The number of aromatic nitrogens is 2. The average Bonchev–Trinajstić information content (AvgIpc) is 2.68. The molecule has 1 fully saturated rings. The molecule has 3 aromatic rings. The van der Waals surface area contributed by atoms with E-state index in [2.05, 4.69) is 20.2 Å². The molecule has 1 saturated heterocycles. The maximum atomic E-state index is 12.9. The van der Waals surface area contributed by atoms with Gasteiger partial charge in [-0.25, -0.2) is 18.4 Å². The number of benzene rings is 2. The zero-order valence-corrected chi connectivity index (χ0v) is 16.2. The van der Waals surface area contributed by atoms with Gasteiger partial charge in [-0.1, -0.05) is 35.9 Å². The van der Waals surface area contributed by atoms with Crippen LogP contribution in [0.1, 0.15) is 5.69 Å². The van der Waals surface area contributed by atoms with E-state index in [9.17, 15) is 8.42 Å². The van der Waals surface area contributed by atoms with Gasteiger partial charge in [0.05, 0.1) is 21.9 Å². The smallest absolute Gasteiger partial charge is 0.226 e. The topological polar surface area (TPSA) is 75.2 Å². The van der Waals surface area contributed by atoms with Crippen molar-refractivity contribution in [2.24, 2.45) is 0 Å². The number of piperazine rings is 1. The summed E-state index contributed by atoms with van der Waals surface area (Å²) in [7, 11) is -3.58. The normalized spacial score (nSPS) is 15.2. The molecule has 0 unspecified atom stereocenters. The Kier molecular flexibility index (Phi) is 4.99. The number of rotatable bonds is 4. The molecule has 0 bridgehead atoms. The molecule has 1 N–H and O–H groups in total. The Morgan fingerprint density at radius 3 is 2.59 bits per heavy atom. The van der Waals surface area contributed by atoms with Crippen LogP contribution < -0.4 is 10.2 Å². The third kappa shape index (κ3) is 3.90. The summed E-state index contributed by atoms with van der Waals surface area (Å²) in [6.07, 6.45) is 0. The first-order valence-electron chi connectivity index (χ1n) is 8.72. The number of para-hydroxylation sites is 1. The summed E-state index contributed by atoms with van der Waals surface area (Å²) >= 11 is 5.97. The van der Waals surface area contributed by atoms with Crippen molar-refractivity contribution in [1.82, 2.24) is 15.3 Å². The van der Waals surface area contributed by atoms with Gasteiger partial charge in [-0.3, -0.25) is 0 Å². The number of halogens is 1. The van der Waals surface area contributed by atoms with Crippen LogP contribution in [0.15, 0.2) is 53.4 Å². The fraction of sp³-hybridized carbons (Fsp3) is 0.263. The van der Waals surface area contributed by atoms with Crippen LogP contribution >= 0.6 is 11.6 Å². The first kappa shape index (κ1) is 18.2. The molecule has 0 saturated carbocycles. The molecule has 8 heteroatoms. The van der Waals surface area contributed by atoms with Crippen molar-refractivity contribution in [3.8, 4) is 0 Å². The summed E-state index contributed by atoms with van der Waals surface area (Å²) in [5, 5.41) is 4.44. The van der Waals surface area contributed by atoms with E-state index in [4.69, 9.17) is 11.6 Å². The second kappa shape index (κ2) is 7.42. The van der Waals surface area contributed by atoms with E-state index in [-0.39, 0.29) is 10.6 Å². The molecule has 2 aromatic carbocycles. The molecule has 27 heavy (non-hydrogen) atoms. The lowest BCUT2D eigenvalue weighted by atomic mass is 10.2. The lowest BCUT2D eigenvalue weighted by molar-refractivity contribution is 0.579. The molecule has 0 spiro atoms. The molecule has 0 amide bonds. The van der Waals surface area contributed by atoms with Crippen LogP contribution in [0.4, 0.5) is 5.95 Å². The SMILES string of the molecule is O=S(=O)(Cc1nc(N2CCNCC2)nc2ccccc12)c1cccc(Cl)c1. The monoisotopic (exact) mass is 402 g/mol. The third-order valence-corrected chi connectivity index (χ3v) is 6.41. The fourth-order valence-electron chi connectivity index (χ4n) is 3.17. The first-order valence-corrected chi connectivity index (χ1v) is 10.8. The Morgan fingerprint density at radius 2 is 1.81 bits per heavy atom. The van der Waals surface area contributed by atoms with E-state index in [1.165, 1.54) is 6.07 Å². The van der Waals surface area contributed by atoms with Gasteiger partial charge in [0.15, 0.2) is 9.84 Å². The van der Waals surface area contributed by atoms with Crippen LogP contribution in [0.3, 0.4) is 0 Å². The van der Waals surface area contributed by atoms with Crippen molar-refractivity contribution in [3.63, 3.8) is 0 Å². The Labute approximate surface area is 163 Å². The van der Waals surface area contributed by atoms with Gasteiger partial charge in [0.25, 0.3) is 0 Å². The van der Waals surface area contributed by atoms with E-state index in [1.807, 2.05) is 24.3 Å². The molecular weight excluding hydrogens is 384 g/mol. The highest BCUT2D eigenvalue weighted by atomic mass is 35.5. The lowest BCUT2D eigenvalue weighted by Crippen LogP contribution is -2.44. The van der Waals surface area contributed by atoms with Crippen LogP contribution in [0, 0.1) is 0 Å². The summed E-state index contributed by atoms with van der Waals surface area (Å²) in [4.78, 5) is 11.6. The standard InChI is InChI=1S/C19H19ClN4O2S/c20-14-4-3-5-15(12-14)27(25,26)13-18-16-6-1-2-7-17(16)22-19(23-18)24-10-8-21-9-11-24/h1-7,12,21H,8-11,13H2. The number of nitrogens with zero attached hydrogens (tertiary/aromatic N) is 3. The summed E-state index contributed by atoms with van der Waals surface area (Å²) < 4.78 is 25.9. The summed E-state index contributed by atoms with van der Waals surface area (Å²) in [6, 6.07) is 13.8. The Hall–Kier alpha value is -2.22. The minimum absolute atomic E-state index is 0.196. The van der Waals surface area contributed by atoms with E-state index in [1.54, 1.807) is 18.2 Å². The summed E-state index contributed by atoms with van der Waals surface area (Å²) in [5.74, 6) is 0.377. The zero-order chi connectivity index (χ0) is 18.9. The fourth-order valence-corrected chi connectivity index (χ4v) is 4.76. The highest BCUT2D eigenvalue weighted by Gasteiger charge is 2.21. The number of fused-ring (bicyclic) bond motifs is 1. The Balaban J connectivity index is 1.78. The van der Waals surface area contributed by atoms with Gasteiger partial charge in [0.1, 0.15) is 0 Å². The van der Waals surface area contributed by atoms with Crippen LogP contribution in [0.5, 0.6) is 0 Å². The van der Waals surface area contributed by atoms with E-state index in [0.29, 0.717) is 16.7 Å². The minimum Gasteiger partial charge on any atom is -0.338 e. The molecular formula is C19H19ClN4O2S. The van der Waals surface area contributed by atoms with Crippen molar-refractivity contribution in [2.75, 3.05) is 31.1 Å². The number of hydrogen-bond acceptors (Lipinski definition) is 6. The van der Waals surface area contributed by atoms with E-state index >= 15 is 0 Å². The van der Waals surface area contributed by atoms with Gasteiger partial charge in [-0.2, -0.15) is 0 Å². The maximum Gasteiger partial charge on any atom is 0.226 e. The summed E-state index contributed by atoms with van der Waals surface area (Å²) in [6.45, 7) is 3.29. The highest BCUT2D eigenvalue weighted by Crippen LogP contribution is 2.25. The largest absolute Gasteiger partial charge is 0.338 e. The minimum atomic E-state index is -3.58. The van der Waals surface area contributed by atoms with Crippen LogP contribution in [0.2, 0.25) is 5.02 Å². The Morgan fingerprint density at radius 1 is 1.04 bits per heavy atom. The molecule has 0 atom stereocenters. The van der Waals surface area contributed by atoms with Crippen molar-refractivity contribution in [3.05, 3.63) is 59.2 Å². The molecule has 2 heterocycles. The third-order valence-electron chi connectivity index (χ3n) is 4.55. The second-order valence-electron chi connectivity index (χ2n) is 6.44. The molecule has 4 rings (SSSR count). The van der Waals surface area contributed by atoms with Crippen molar-refractivity contribution < 1.29 is 8.42 Å². The van der Waals surface area contributed by atoms with E-state index in [0.717, 1.165) is 37.1 Å². The van der Waals surface area contributed by atoms with Crippen LogP contribution in [-0.4, -0.2) is 44.6 Å².